The Balaban J connectivity index is 2.12. The van der Waals surface area contributed by atoms with Crippen LogP contribution >= 0.6 is 0 Å². The van der Waals surface area contributed by atoms with E-state index in [1.807, 2.05) is 4.90 Å². The molecule has 1 N–H and O–H groups in total. The molecule has 1 aliphatic rings. The van der Waals surface area contributed by atoms with E-state index in [0.717, 1.165) is 12.8 Å². The molecule has 1 aromatic heterocycles. The van der Waals surface area contributed by atoms with E-state index < -0.39 is 11.5 Å². The van der Waals surface area contributed by atoms with Crippen LogP contribution in [0.4, 0.5) is 5.95 Å². The largest absolute Gasteiger partial charge is 0.466 e. The molecule has 0 radical (unpaired) electrons. The molecule has 2 rings (SSSR count). The number of piperidine rings is 1. The van der Waals surface area contributed by atoms with Gasteiger partial charge in [-0.25, -0.2) is 9.78 Å². The van der Waals surface area contributed by atoms with Crippen LogP contribution in [-0.2, 0) is 14.3 Å². The van der Waals surface area contributed by atoms with E-state index >= 15 is 0 Å². The molecule has 1 aliphatic heterocycles. The lowest BCUT2D eigenvalue weighted by molar-refractivity contribution is -0.148. The fourth-order valence-electron chi connectivity index (χ4n) is 2.52. The van der Waals surface area contributed by atoms with Crippen molar-refractivity contribution in [2.24, 2.45) is 5.92 Å². The standard InChI is InChI=1S/C15H21N3O5/c1-3-22-13(20)10-6-5-7-18(9-10)15-16-8-11(12(19)17-15)14(21)23-4-2/h8,10H,3-7,9H2,1-2H3,(H,16,17,19). The average molecular weight is 323 g/mol. The lowest BCUT2D eigenvalue weighted by atomic mass is 9.98. The maximum absolute atomic E-state index is 12.0. The van der Waals surface area contributed by atoms with E-state index in [9.17, 15) is 14.4 Å². The lowest BCUT2D eigenvalue weighted by Crippen LogP contribution is -2.41. The number of anilines is 1. The summed E-state index contributed by atoms with van der Waals surface area (Å²) in [5, 5.41) is 0. The Kier molecular flexibility index (Phi) is 5.72. The number of hydrogen-bond donors (Lipinski definition) is 1. The maximum atomic E-state index is 12.0. The molecule has 126 valence electrons. The van der Waals surface area contributed by atoms with Gasteiger partial charge < -0.3 is 14.4 Å². The minimum Gasteiger partial charge on any atom is -0.466 e. The van der Waals surface area contributed by atoms with Crippen molar-refractivity contribution in [1.29, 1.82) is 0 Å². The normalized spacial score (nSPS) is 17.7. The van der Waals surface area contributed by atoms with Gasteiger partial charge in [0, 0.05) is 13.1 Å². The van der Waals surface area contributed by atoms with Gasteiger partial charge in [-0.05, 0) is 26.7 Å². The van der Waals surface area contributed by atoms with E-state index in [1.165, 1.54) is 6.20 Å². The summed E-state index contributed by atoms with van der Waals surface area (Å²) in [7, 11) is 0. The van der Waals surface area contributed by atoms with Crippen LogP contribution in [0, 0.1) is 5.92 Å². The zero-order chi connectivity index (χ0) is 16.8. The van der Waals surface area contributed by atoms with Crippen molar-refractivity contribution in [3.63, 3.8) is 0 Å². The predicted molar refractivity (Wildman–Crippen MR) is 82.4 cm³/mol. The highest BCUT2D eigenvalue weighted by Gasteiger charge is 2.28. The second kappa shape index (κ2) is 7.75. The van der Waals surface area contributed by atoms with Gasteiger partial charge in [-0.15, -0.1) is 0 Å². The molecule has 0 saturated carbocycles. The fourth-order valence-corrected chi connectivity index (χ4v) is 2.52. The van der Waals surface area contributed by atoms with Gasteiger partial charge in [-0.3, -0.25) is 14.6 Å². The Morgan fingerprint density at radius 2 is 2.09 bits per heavy atom. The van der Waals surface area contributed by atoms with Gasteiger partial charge in [-0.2, -0.15) is 0 Å². The SMILES string of the molecule is CCOC(=O)c1cnc(N2CCCC(C(=O)OCC)C2)[nH]c1=O. The van der Waals surface area contributed by atoms with Gasteiger partial charge in [0.25, 0.3) is 5.56 Å². The molecule has 23 heavy (non-hydrogen) atoms. The maximum Gasteiger partial charge on any atom is 0.345 e. The van der Waals surface area contributed by atoms with Crippen LogP contribution in [0.1, 0.15) is 37.0 Å². The summed E-state index contributed by atoms with van der Waals surface area (Å²) >= 11 is 0. The van der Waals surface area contributed by atoms with Crippen molar-refractivity contribution < 1.29 is 19.1 Å². The van der Waals surface area contributed by atoms with Crippen LogP contribution in [0.25, 0.3) is 0 Å². The fraction of sp³-hybridized carbons (Fsp3) is 0.600. The first-order valence-electron chi connectivity index (χ1n) is 7.74. The summed E-state index contributed by atoms with van der Waals surface area (Å²) in [5.74, 6) is -0.825. The van der Waals surface area contributed by atoms with E-state index in [4.69, 9.17) is 9.47 Å². The number of nitrogens with one attached hydrogen (secondary N) is 1. The first kappa shape index (κ1) is 17.0. The van der Waals surface area contributed by atoms with Crippen LogP contribution in [0.15, 0.2) is 11.0 Å². The number of carbonyl (C=O) groups is 2. The summed E-state index contributed by atoms with van der Waals surface area (Å²) in [5.41, 5.74) is -0.679. The van der Waals surface area contributed by atoms with E-state index in [-0.39, 0.29) is 24.1 Å². The van der Waals surface area contributed by atoms with E-state index in [1.54, 1.807) is 13.8 Å². The van der Waals surface area contributed by atoms with Crippen molar-refractivity contribution in [2.75, 3.05) is 31.2 Å². The highest BCUT2D eigenvalue weighted by molar-refractivity contribution is 5.88. The van der Waals surface area contributed by atoms with Gasteiger partial charge in [-0.1, -0.05) is 0 Å². The van der Waals surface area contributed by atoms with Crippen molar-refractivity contribution in [3.8, 4) is 0 Å². The zero-order valence-corrected chi connectivity index (χ0v) is 13.3. The minimum absolute atomic E-state index is 0.130. The van der Waals surface area contributed by atoms with Crippen LogP contribution in [0.3, 0.4) is 0 Å². The number of hydrogen-bond acceptors (Lipinski definition) is 7. The number of esters is 2. The third-order valence-electron chi connectivity index (χ3n) is 3.62. The molecule has 1 atom stereocenters. The summed E-state index contributed by atoms with van der Waals surface area (Å²) in [4.78, 5) is 44.0. The number of nitrogens with zero attached hydrogens (tertiary/aromatic N) is 2. The highest BCUT2D eigenvalue weighted by atomic mass is 16.5. The highest BCUT2D eigenvalue weighted by Crippen LogP contribution is 2.20. The predicted octanol–water partition coefficient (Wildman–Crippen LogP) is 0.726. The van der Waals surface area contributed by atoms with Crippen molar-refractivity contribution in [1.82, 2.24) is 9.97 Å². The Labute approximate surface area is 133 Å². The number of rotatable bonds is 5. The quantitative estimate of drug-likeness (QED) is 0.797. The minimum atomic E-state index is -0.698. The summed E-state index contributed by atoms with van der Waals surface area (Å²) in [6, 6.07) is 0. The summed E-state index contributed by atoms with van der Waals surface area (Å²) < 4.78 is 9.84. The van der Waals surface area contributed by atoms with Gasteiger partial charge >= 0.3 is 11.9 Å². The molecule has 0 aliphatic carbocycles. The monoisotopic (exact) mass is 323 g/mol. The van der Waals surface area contributed by atoms with Gasteiger partial charge in [0.1, 0.15) is 5.56 Å². The summed E-state index contributed by atoms with van der Waals surface area (Å²) in [6.07, 6.45) is 2.76. The van der Waals surface area contributed by atoms with E-state index in [0.29, 0.717) is 25.6 Å². The van der Waals surface area contributed by atoms with Gasteiger partial charge in [0.2, 0.25) is 5.95 Å². The third-order valence-corrected chi connectivity index (χ3v) is 3.62. The molecule has 2 heterocycles. The first-order valence-corrected chi connectivity index (χ1v) is 7.74. The van der Waals surface area contributed by atoms with Crippen LogP contribution in [-0.4, -0.2) is 48.2 Å². The van der Waals surface area contributed by atoms with Crippen LogP contribution < -0.4 is 10.5 Å². The number of aromatic amines is 1. The molecule has 8 heteroatoms. The first-order chi connectivity index (χ1) is 11.1. The third kappa shape index (κ3) is 4.08. The summed E-state index contributed by atoms with van der Waals surface area (Å²) in [6.45, 7) is 5.08. The smallest absolute Gasteiger partial charge is 0.345 e. The van der Waals surface area contributed by atoms with E-state index in [2.05, 4.69) is 9.97 Å². The molecular formula is C15H21N3O5. The molecule has 0 spiro atoms. The molecule has 1 aromatic rings. The van der Waals surface area contributed by atoms with Crippen molar-refractivity contribution >= 4 is 17.9 Å². The Morgan fingerprint density at radius 3 is 2.74 bits per heavy atom. The number of aromatic nitrogens is 2. The molecule has 0 bridgehead atoms. The molecular weight excluding hydrogens is 302 g/mol. The lowest BCUT2D eigenvalue weighted by Gasteiger charge is -2.31. The van der Waals surface area contributed by atoms with Gasteiger partial charge in [0.15, 0.2) is 0 Å². The zero-order valence-electron chi connectivity index (χ0n) is 13.3. The second-order valence-corrected chi connectivity index (χ2v) is 5.21. The van der Waals surface area contributed by atoms with Crippen LogP contribution in [0.5, 0.6) is 0 Å². The molecule has 8 nitrogen and oxygen atoms in total. The molecule has 1 saturated heterocycles. The number of ether oxygens (including phenoxy) is 2. The molecule has 1 fully saturated rings. The van der Waals surface area contributed by atoms with Crippen molar-refractivity contribution in [2.45, 2.75) is 26.7 Å². The Hall–Kier alpha value is -2.38. The Morgan fingerprint density at radius 1 is 1.35 bits per heavy atom. The van der Waals surface area contributed by atoms with Gasteiger partial charge in [0.05, 0.1) is 25.3 Å². The molecule has 1 unspecified atom stereocenters. The molecule has 0 aromatic carbocycles. The van der Waals surface area contributed by atoms with Crippen LogP contribution in [0.2, 0.25) is 0 Å². The van der Waals surface area contributed by atoms with Crippen molar-refractivity contribution in [3.05, 3.63) is 22.1 Å². The second-order valence-electron chi connectivity index (χ2n) is 5.21. The average Bonchev–Trinajstić information content (AvgIpc) is 2.55. The number of H-pyrrole nitrogens is 1. The number of carbonyl (C=O) groups excluding carboxylic acids is 2. The topological polar surface area (TPSA) is 102 Å². The molecule has 0 amide bonds. The Bertz CT molecular complexity index is 628.